The number of hydrogen-bond donors (Lipinski definition) is 1. The first-order valence-electron chi connectivity index (χ1n) is 5.37. The number of rotatable bonds is 10. The summed E-state index contributed by atoms with van der Waals surface area (Å²) in [4.78, 5) is 8.87. The minimum atomic E-state index is -0.433. The van der Waals surface area contributed by atoms with E-state index in [9.17, 15) is 0 Å². The first kappa shape index (κ1) is 15.9. The van der Waals surface area contributed by atoms with Crippen molar-refractivity contribution in [2.24, 2.45) is 0 Å². The fourth-order valence-corrected chi connectivity index (χ4v) is 2.33. The largest absolute Gasteiger partial charge is 0.352 e. The standard InChI is InChI=1S/C10H21Cl2O2P/c1-10(14-15-13,6-2-4-8-11)7-3-5-9-12/h13,15H,2-9H2,1H3. The molecule has 1 N–H and O–H groups in total. The summed E-state index contributed by atoms with van der Waals surface area (Å²) in [6.07, 6.45) is 6.01. The maximum absolute atomic E-state index is 8.87. The molecule has 1 unspecified atom stereocenters. The Labute approximate surface area is 105 Å². The van der Waals surface area contributed by atoms with Crippen LogP contribution in [-0.4, -0.2) is 22.3 Å². The van der Waals surface area contributed by atoms with Gasteiger partial charge in [0.2, 0.25) is 0 Å². The Bertz CT molecular complexity index is 137. The highest BCUT2D eigenvalue weighted by Gasteiger charge is 2.23. The van der Waals surface area contributed by atoms with E-state index in [-0.39, 0.29) is 5.60 Å². The molecule has 0 spiro atoms. The molecule has 0 aromatic heterocycles. The Hall–Kier alpha value is 0.930. The highest BCUT2D eigenvalue weighted by Crippen LogP contribution is 2.31. The van der Waals surface area contributed by atoms with Crippen molar-refractivity contribution in [3.8, 4) is 0 Å². The van der Waals surface area contributed by atoms with Crippen LogP contribution >= 0.6 is 32.2 Å². The molecule has 5 heteroatoms. The molecule has 0 heterocycles. The summed E-state index contributed by atoms with van der Waals surface area (Å²) in [6, 6.07) is 0. The van der Waals surface area contributed by atoms with E-state index >= 15 is 0 Å². The minimum Gasteiger partial charge on any atom is -0.352 e. The lowest BCUT2D eigenvalue weighted by molar-refractivity contribution is 0.0738. The summed E-state index contributed by atoms with van der Waals surface area (Å²) in [5, 5.41) is 0. The van der Waals surface area contributed by atoms with Crippen molar-refractivity contribution < 1.29 is 9.42 Å². The third kappa shape index (κ3) is 8.71. The van der Waals surface area contributed by atoms with Gasteiger partial charge in [-0.2, -0.15) is 0 Å². The molecule has 0 amide bonds. The fourth-order valence-electron chi connectivity index (χ4n) is 1.52. The lowest BCUT2D eigenvalue weighted by atomic mass is 9.93. The zero-order valence-corrected chi connectivity index (χ0v) is 11.8. The van der Waals surface area contributed by atoms with Crippen LogP contribution < -0.4 is 0 Å². The lowest BCUT2D eigenvalue weighted by Gasteiger charge is -2.28. The van der Waals surface area contributed by atoms with Crippen LogP contribution in [0.15, 0.2) is 0 Å². The summed E-state index contributed by atoms with van der Waals surface area (Å²) in [7, 11) is -0.433. The predicted molar refractivity (Wildman–Crippen MR) is 69.2 cm³/mol. The lowest BCUT2D eigenvalue weighted by Crippen LogP contribution is -2.25. The fraction of sp³-hybridized carbons (Fsp3) is 1.00. The molecule has 0 saturated heterocycles. The molecule has 0 rings (SSSR count). The van der Waals surface area contributed by atoms with Crippen molar-refractivity contribution in [1.82, 2.24) is 0 Å². The van der Waals surface area contributed by atoms with Crippen molar-refractivity contribution in [1.29, 1.82) is 0 Å². The molecule has 0 aromatic carbocycles. The number of halogens is 2. The molecule has 0 aliphatic heterocycles. The van der Waals surface area contributed by atoms with Gasteiger partial charge < -0.3 is 9.42 Å². The van der Waals surface area contributed by atoms with Crippen LogP contribution in [0.4, 0.5) is 0 Å². The first-order chi connectivity index (χ1) is 7.18. The van der Waals surface area contributed by atoms with Gasteiger partial charge in [0, 0.05) is 11.8 Å². The molecule has 0 aliphatic rings. The topological polar surface area (TPSA) is 29.5 Å². The second-order valence-electron chi connectivity index (χ2n) is 3.94. The van der Waals surface area contributed by atoms with Crippen molar-refractivity contribution in [2.45, 2.75) is 51.0 Å². The van der Waals surface area contributed by atoms with E-state index in [1.807, 2.05) is 0 Å². The van der Waals surface area contributed by atoms with Crippen LogP contribution in [0.25, 0.3) is 0 Å². The van der Waals surface area contributed by atoms with Gasteiger partial charge in [0.25, 0.3) is 0 Å². The minimum absolute atomic E-state index is 0.203. The Balaban J connectivity index is 3.83. The summed E-state index contributed by atoms with van der Waals surface area (Å²) in [6.45, 7) is 2.05. The molecule has 0 radical (unpaired) electrons. The molecule has 0 saturated carbocycles. The zero-order valence-electron chi connectivity index (χ0n) is 9.27. The summed E-state index contributed by atoms with van der Waals surface area (Å²) in [5.41, 5.74) is -0.203. The Morgan fingerprint density at radius 3 is 1.87 bits per heavy atom. The van der Waals surface area contributed by atoms with E-state index < -0.39 is 9.03 Å². The van der Waals surface area contributed by atoms with E-state index in [1.54, 1.807) is 0 Å². The van der Waals surface area contributed by atoms with E-state index in [0.717, 1.165) is 38.5 Å². The zero-order chi connectivity index (χ0) is 11.6. The van der Waals surface area contributed by atoms with Crippen molar-refractivity contribution in [3.05, 3.63) is 0 Å². The van der Waals surface area contributed by atoms with Gasteiger partial charge in [-0.05, 0) is 45.4 Å². The smallest absolute Gasteiger partial charge is 0.152 e. The summed E-state index contributed by atoms with van der Waals surface area (Å²) in [5.74, 6) is 1.39. The maximum Gasteiger partial charge on any atom is 0.152 e. The average Bonchev–Trinajstić information content (AvgIpc) is 2.19. The molecule has 0 aromatic rings. The molecular formula is C10H21Cl2O2P. The Morgan fingerprint density at radius 2 is 1.53 bits per heavy atom. The van der Waals surface area contributed by atoms with Crippen molar-refractivity contribution in [2.75, 3.05) is 11.8 Å². The molecule has 15 heavy (non-hydrogen) atoms. The second-order valence-corrected chi connectivity index (χ2v) is 5.08. The number of unbranched alkanes of at least 4 members (excludes halogenated alkanes) is 2. The molecule has 0 aliphatic carbocycles. The molecule has 0 fully saturated rings. The van der Waals surface area contributed by atoms with E-state index in [4.69, 9.17) is 32.6 Å². The molecule has 2 nitrogen and oxygen atoms in total. The van der Waals surface area contributed by atoms with Crippen molar-refractivity contribution >= 4 is 32.2 Å². The predicted octanol–water partition coefficient (Wildman–Crippen LogP) is 4.08. The van der Waals surface area contributed by atoms with Gasteiger partial charge in [-0.1, -0.05) is 0 Å². The van der Waals surface area contributed by atoms with E-state index in [0.29, 0.717) is 11.8 Å². The van der Waals surface area contributed by atoms with Crippen molar-refractivity contribution in [3.63, 3.8) is 0 Å². The highest BCUT2D eigenvalue weighted by atomic mass is 35.5. The van der Waals surface area contributed by atoms with Gasteiger partial charge >= 0.3 is 0 Å². The highest BCUT2D eigenvalue weighted by molar-refractivity contribution is 7.25. The number of alkyl halides is 2. The van der Waals surface area contributed by atoms with E-state index in [2.05, 4.69) is 6.92 Å². The van der Waals surface area contributed by atoms with E-state index in [1.165, 1.54) is 0 Å². The summed E-state index contributed by atoms with van der Waals surface area (Å²) >= 11 is 11.3. The SMILES string of the molecule is CC(CCCCCl)(CCCCCl)OPO. The van der Waals surface area contributed by atoms with Crippen LogP contribution in [0.1, 0.15) is 45.4 Å². The van der Waals surface area contributed by atoms with Gasteiger partial charge in [-0.25, -0.2) is 0 Å². The normalized spacial score (nSPS) is 12.8. The third-order valence-electron chi connectivity index (χ3n) is 2.47. The second kappa shape index (κ2) is 10.1. The number of hydrogen-bond acceptors (Lipinski definition) is 2. The van der Waals surface area contributed by atoms with Crippen LogP contribution in [0.5, 0.6) is 0 Å². The van der Waals surface area contributed by atoms with Gasteiger partial charge in [0.15, 0.2) is 9.03 Å². The molecule has 92 valence electrons. The van der Waals surface area contributed by atoms with Crippen LogP contribution in [0.2, 0.25) is 0 Å². The van der Waals surface area contributed by atoms with Crippen LogP contribution in [0, 0.1) is 0 Å². The Kier molecular flexibility index (Phi) is 10.7. The van der Waals surface area contributed by atoms with Gasteiger partial charge in [-0.3, -0.25) is 0 Å². The first-order valence-corrected chi connectivity index (χ1v) is 7.30. The quantitative estimate of drug-likeness (QED) is 0.370. The van der Waals surface area contributed by atoms with Gasteiger partial charge in [0.05, 0.1) is 5.60 Å². The van der Waals surface area contributed by atoms with Crippen LogP contribution in [-0.2, 0) is 4.52 Å². The van der Waals surface area contributed by atoms with Gasteiger partial charge in [-0.15, -0.1) is 23.2 Å². The van der Waals surface area contributed by atoms with Gasteiger partial charge in [0.1, 0.15) is 0 Å². The average molecular weight is 275 g/mol. The molecule has 1 atom stereocenters. The summed E-state index contributed by atoms with van der Waals surface area (Å²) < 4.78 is 5.42. The monoisotopic (exact) mass is 274 g/mol. The maximum atomic E-state index is 8.87. The van der Waals surface area contributed by atoms with Crippen LogP contribution in [0.3, 0.4) is 0 Å². The third-order valence-corrected chi connectivity index (χ3v) is 3.59. The Morgan fingerprint density at radius 1 is 1.07 bits per heavy atom. The molecule has 0 bridgehead atoms. The molecular weight excluding hydrogens is 254 g/mol.